The van der Waals surface area contributed by atoms with E-state index in [-0.39, 0.29) is 0 Å². The summed E-state index contributed by atoms with van der Waals surface area (Å²) < 4.78 is 2.37. The van der Waals surface area contributed by atoms with Crippen LogP contribution in [0.5, 0.6) is 0 Å². The quantitative estimate of drug-likeness (QED) is 0.541. The van der Waals surface area contributed by atoms with Crippen LogP contribution in [0.2, 0.25) is 0 Å². The van der Waals surface area contributed by atoms with Crippen LogP contribution in [0.4, 0.5) is 0 Å². The first-order valence-corrected chi connectivity index (χ1v) is 8.00. The summed E-state index contributed by atoms with van der Waals surface area (Å²) in [6.45, 7) is 2.26. The molecule has 3 rings (SSSR count). The van der Waals surface area contributed by atoms with Crippen molar-refractivity contribution in [3.63, 3.8) is 0 Å². The molecule has 2 aromatic heterocycles. The maximum atomic E-state index is 2.40. The first kappa shape index (κ1) is 13.9. The maximum absolute atomic E-state index is 2.40. The van der Waals surface area contributed by atoms with Crippen LogP contribution in [0, 0.1) is 0 Å². The first-order chi connectivity index (χ1) is 10.4. The van der Waals surface area contributed by atoms with Crippen LogP contribution in [-0.4, -0.2) is 4.40 Å². The predicted molar refractivity (Wildman–Crippen MR) is 89.9 cm³/mol. The molecule has 3 aromatic rings. The van der Waals surface area contributed by atoms with Gasteiger partial charge < -0.3 is 4.40 Å². The number of fused-ring (bicyclic) bond motifs is 1. The van der Waals surface area contributed by atoms with Gasteiger partial charge in [-0.05, 0) is 48.6 Å². The molecule has 0 N–H and O–H groups in total. The van der Waals surface area contributed by atoms with E-state index >= 15 is 0 Å². The number of nitrogens with zero attached hydrogens (tertiary/aromatic N) is 1. The number of hydrogen-bond acceptors (Lipinski definition) is 0. The molecule has 0 radical (unpaired) electrons. The number of rotatable bonds is 6. The third-order valence-electron chi connectivity index (χ3n) is 4.11. The summed E-state index contributed by atoms with van der Waals surface area (Å²) in [6, 6.07) is 19.7. The van der Waals surface area contributed by atoms with Gasteiger partial charge in [0.1, 0.15) is 0 Å². The highest BCUT2D eigenvalue weighted by atomic mass is 14.9. The van der Waals surface area contributed by atoms with Crippen molar-refractivity contribution in [1.82, 2.24) is 4.40 Å². The van der Waals surface area contributed by atoms with Crippen LogP contribution < -0.4 is 0 Å². The molecule has 0 spiro atoms. The second-order valence-electron chi connectivity index (χ2n) is 5.74. The lowest BCUT2D eigenvalue weighted by Gasteiger charge is -2.02. The fourth-order valence-electron chi connectivity index (χ4n) is 3.01. The summed E-state index contributed by atoms with van der Waals surface area (Å²) in [5, 5.41) is 0. The van der Waals surface area contributed by atoms with Gasteiger partial charge in [0.05, 0.1) is 0 Å². The normalized spacial score (nSPS) is 11.1. The van der Waals surface area contributed by atoms with Crippen molar-refractivity contribution in [2.24, 2.45) is 0 Å². The highest BCUT2D eigenvalue weighted by Crippen LogP contribution is 2.21. The lowest BCUT2D eigenvalue weighted by atomic mass is 10.1. The molecule has 0 unspecified atom stereocenters. The van der Waals surface area contributed by atoms with E-state index in [1.165, 1.54) is 48.0 Å². The first-order valence-electron chi connectivity index (χ1n) is 8.00. The highest BCUT2D eigenvalue weighted by Gasteiger charge is 2.08. The minimum atomic E-state index is 1.02. The van der Waals surface area contributed by atoms with Gasteiger partial charge in [0.2, 0.25) is 0 Å². The van der Waals surface area contributed by atoms with E-state index in [2.05, 4.69) is 72.1 Å². The molecule has 1 nitrogen and oxygen atoms in total. The molecule has 2 heterocycles. The average molecular weight is 277 g/mol. The summed E-state index contributed by atoms with van der Waals surface area (Å²) in [7, 11) is 0. The molecule has 1 heteroatoms. The fourth-order valence-corrected chi connectivity index (χ4v) is 3.01. The van der Waals surface area contributed by atoms with E-state index in [1.54, 1.807) is 0 Å². The third kappa shape index (κ3) is 3.18. The SMILES string of the molecule is CCCCCc1cc(Cc2ccccc2)c2ccccn12. The van der Waals surface area contributed by atoms with E-state index in [4.69, 9.17) is 0 Å². The van der Waals surface area contributed by atoms with Crippen molar-refractivity contribution in [3.8, 4) is 0 Å². The largest absolute Gasteiger partial charge is 0.321 e. The van der Waals surface area contributed by atoms with Crippen molar-refractivity contribution in [2.45, 2.75) is 39.0 Å². The molecule has 0 saturated carbocycles. The molecule has 1 aromatic carbocycles. The second-order valence-corrected chi connectivity index (χ2v) is 5.74. The number of aromatic nitrogens is 1. The van der Waals surface area contributed by atoms with Gasteiger partial charge in [0.25, 0.3) is 0 Å². The smallest absolute Gasteiger partial charge is 0.0488 e. The topological polar surface area (TPSA) is 4.41 Å². The molecule has 0 aliphatic rings. The lowest BCUT2D eigenvalue weighted by molar-refractivity contribution is 0.704. The Bertz CT molecular complexity index is 694. The van der Waals surface area contributed by atoms with Crippen molar-refractivity contribution >= 4 is 5.52 Å². The number of hydrogen-bond donors (Lipinski definition) is 0. The molecule has 0 aliphatic heterocycles. The van der Waals surface area contributed by atoms with Crippen LogP contribution in [0.15, 0.2) is 60.8 Å². The highest BCUT2D eigenvalue weighted by molar-refractivity contribution is 5.59. The molecule has 108 valence electrons. The van der Waals surface area contributed by atoms with Crippen LogP contribution in [0.3, 0.4) is 0 Å². The van der Waals surface area contributed by atoms with E-state index < -0.39 is 0 Å². The van der Waals surface area contributed by atoms with Gasteiger partial charge in [-0.1, -0.05) is 56.2 Å². The van der Waals surface area contributed by atoms with Crippen LogP contribution in [0.1, 0.15) is 43.0 Å². The second kappa shape index (κ2) is 6.62. The Labute approximate surface area is 127 Å². The fraction of sp³-hybridized carbons (Fsp3) is 0.300. The monoisotopic (exact) mass is 277 g/mol. The summed E-state index contributed by atoms with van der Waals surface area (Å²) in [6.07, 6.45) is 8.26. The van der Waals surface area contributed by atoms with E-state index in [9.17, 15) is 0 Å². The van der Waals surface area contributed by atoms with Gasteiger partial charge in [-0.25, -0.2) is 0 Å². The molecular formula is C20H23N. The minimum Gasteiger partial charge on any atom is -0.321 e. The minimum absolute atomic E-state index is 1.02. The Morgan fingerprint density at radius 1 is 0.905 bits per heavy atom. The molecule has 0 bridgehead atoms. The summed E-state index contributed by atoms with van der Waals surface area (Å²) in [4.78, 5) is 0. The third-order valence-corrected chi connectivity index (χ3v) is 4.11. The van der Waals surface area contributed by atoms with E-state index in [0.717, 1.165) is 6.42 Å². The average Bonchev–Trinajstić information content (AvgIpc) is 2.87. The van der Waals surface area contributed by atoms with Gasteiger partial charge in [0.15, 0.2) is 0 Å². The van der Waals surface area contributed by atoms with Crippen LogP contribution in [0.25, 0.3) is 5.52 Å². The standard InChI is InChI=1S/C20H23N/c1-2-3-5-12-19-16-18(15-17-10-6-4-7-11-17)20-13-8-9-14-21(19)20/h4,6-11,13-14,16H,2-3,5,12,15H2,1H3. The summed E-state index contributed by atoms with van der Waals surface area (Å²) >= 11 is 0. The predicted octanol–water partition coefficient (Wildman–Crippen LogP) is 5.26. The Balaban J connectivity index is 1.91. The Kier molecular flexibility index (Phi) is 4.40. The zero-order valence-electron chi connectivity index (χ0n) is 12.8. The van der Waals surface area contributed by atoms with Crippen LogP contribution >= 0.6 is 0 Å². The summed E-state index contributed by atoms with van der Waals surface area (Å²) in [5.41, 5.74) is 5.63. The van der Waals surface area contributed by atoms with Gasteiger partial charge in [-0.2, -0.15) is 0 Å². The molecule has 0 aliphatic carbocycles. The number of pyridine rings is 1. The van der Waals surface area contributed by atoms with Gasteiger partial charge in [0, 0.05) is 17.4 Å². The molecule has 0 atom stereocenters. The van der Waals surface area contributed by atoms with Crippen molar-refractivity contribution in [1.29, 1.82) is 0 Å². The van der Waals surface area contributed by atoms with E-state index in [1.807, 2.05) is 0 Å². The number of aryl methyl sites for hydroxylation is 1. The Morgan fingerprint density at radius 2 is 1.71 bits per heavy atom. The summed E-state index contributed by atoms with van der Waals surface area (Å²) in [5.74, 6) is 0. The van der Waals surface area contributed by atoms with Crippen molar-refractivity contribution in [2.75, 3.05) is 0 Å². The zero-order chi connectivity index (χ0) is 14.5. The molecule has 0 amide bonds. The van der Waals surface area contributed by atoms with Crippen molar-refractivity contribution < 1.29 is 0 Å². The maximum Gasteiger partial charge on any atom is 0.0488 e. The van der Waals surface area contributed by atoms with E-state index in [0.29, 0.717) is 0 Å². The van der Waals surface area contributed by atoms with Crippen molar-refractivity contribution in [3.05, 3.63) is 77.6 Å². The number of unbranched alkanes of at least 4 members (excludes halogenated alkanes) is 2. The number of benzene rings is 1. The molecule has 0 saturated heterocycles. The van der Waals surface area contributed by atoms with Gasteiger partial charge in [-0.3, -0.25) is 0 Å². The van der Waals surface area contributed by atoms with Gasteiger partial charge in [-0.15, -0.1) is 0 Å². The zero-order valence-corrected chi connectivity index (χ0v) is 12.8. The van der Waals surface area contributed by atoms with Gasteiger partial charge >= 0.3 is 0 Å². The van der Waals surface area contributed by atoms with Crippen LogP contribution in [-0.2, 0) is 12.8 Å². The Morgan fingerprint density at radius 3 is 2.52 bits per heavy atom. The lowest BCUT2D eigenvalue weighted by Crippen LogP contribution is -1.92. The molecule has 21 heavy (non-hydrogen) atoms. The molecular weight excluding hydrogens is 254 g/mol. The molecule has 0 fully saturated rings. The Hall–Kier alpha value is -2.02.